The monoisotopic (exact) mass is 403 g/mol. The molecule has 3 rings (SSSR count). The summed E-state index contributed by atoms with van der Waals surface area (Å²) in [5.74, 6) is 0.112. The SMILES string of the molecule is Cc1cccc(Nc2ncnc(Nc3cc(Cl)cc(Cl)c3)c2[N+](=O)[O-])c1C. The molecule has 0 aliphatic rings. The predicted octanol–water partition coefficient (Wildman–Crippen LogP) is 5.80. The van der Waals surface area contributed by atoms with E-state index in [9.17, 15) is 10.1 Å². The molecule has 0 aliphatic carbocycles. The first-order chi connectivity index (χ1) is 12.8. The molecule has 7 nitrogen and oxygen atoms in total. The van der Waals surface area contributed by atoms with Crippen molar-refractivity contribution in [3.63, 3.8) is 0 Å². The van der Waals surface area contributed by atoms with Gasteiger partial charge in [0.1, 0.15) is 6.33 Å². The molecule has 27 heavy (non-hydrogen) atoms. The normalized spacial score (nSPS) is 10.5. The maximum atomic E-state index is 11.7. The summed E-state index contributed by atoms with van der Waals surface area (Å²) in [6.07, 6.45) is 1.24. The van der Waals surface area contributed by atoms with Crippen molar-refractivity contribution in [1.29, 1.82) is 0 Å². The molecule has 2 N–H and O–H groups in total. The Morgan fingerprint density at radius 3 is 2.26 bits per heavy atom. The first-order valence-corrected chi connectivity index (χ1v) is 8.66. The molecule has 0 bridgehead atoms. The van der Waals surface area contributed by atoms with E-state index in [1.807, 2.05) is 32.0 Å². The Balaban J connectivity index is 2.02. The van der Waals surface area contributed by atoms with Crippen LogP contribution in [-0.4, -0.2) is 14.9 Å². The van der Waals surface area contributed by atoms with Crippen molar-refractivity contribution >= 4 is 51.9 Å². The Morgan fingerprint density at radius 1 is 1.00 bits per heavy atom. The fourth-order valence-corrected chi connectivity index (χ4v) is 3.04. The van der Waals surface area contributed by atoms with Gasteiger partial charge in [0.2, 0.25) is 11.6 Å². The molecule has 0 radical (unpaired) electrons. The fourth-order valence-electron chi connectivity index (χ4n) is 2.51. The molecule has 0 unspecified atom stereocenters. The minimum absolute atomic E-state index is 0.0288. The van der Waals surface area contributed by atoms with Crippen LogP contribution in [0.3, 0.4) is 0 Å². The molecule has 1 heterocycles. The van der Waals surface area contributed by atoms with Crippen LogP contribution in [0.2, 0.25) is 10.0 Å². The van der Waals surface area contributed by atoms with Crippen LogP contribution in [0.25, 0.3) is 0 Å². The van der Waals surface area contributed by atoms with Crippen LogP contribution in [0.4, 0.5) is 28.7 Å². The third-order valence-electron chi connectivity index (χ3n) is 3.99. The summed E-state index contributed by atoms with van der Waals surface area (Å²) in [5, 5.41) is 18.4. The van der Waals surface area contributed by atoms with E-state index in [1.165, 1.54) is 6.33 Å². The van der Waals surface area contributed by atoms with Gasteiger partial charge in [-0.2, -0.15) is 0 Å². The minimum Gasteiger partial charge on any atom is -0.334 e. The Hall–Kier alpha value is -2.90. The number of nitrogens with zero attached hydrogens (tertiary/aromatic N) is 3. The van der Waals surface area contributed by atoms with Crippen molar-refractivity contribution in [2.45, 2.75) is 13.8 Å². The highest BCUT2D eigenvalue weighted by molar-refractivity contribution is 6.35. The van der Waals surface area contributed by atoms with Crippen molar-refractivity contribution in [3.05, 3.63) is 74.0 Å². The van der Waals surface area contributed by atoms with E-state index < -0.39 is 4.92 Å². The molecule has 0 amide bonds. The van der Waals surface area contributed by atoms with Crippen LogP contribution in [0.1, 0.15) is 11.1 Å². The zero-order valence-corrected chi connectivity index (χ0v) is 16.0. The van der Waals surface area contributed by atoms with Crippen molar-refractivity contribution in [2.75, 3.05) is 10.6 Å². The molecule has 2 aromatic carbocycles. The molecule has 0 spiro atoms. The van der Waals surface area contributed by atoms with Crippen LogP contribution in [-0.2, 0) is 0 Å². The van der Waals surface area contributed by atoms with Crippen LogP contribution in [0, 0.1) is 24.0 Å². The number of hydrogen-bond donors (Lipinski definition) is 2. The Bertz CT molecular complexity index is 1010. The number of aromatic nitrogens is 2. The number of hydrogen-bond acceptors (Lipinski definition) is 6. The van der Waals surface area contributed by atoms with E-state index in [0.29, 0.717) is 15.7 Å². The Morgan fingerprint density at radius 2 is 1.63 bits per heavy atom. The average Bonchev–Trinajstić information content (AvgIpc) is 2.58. The second-order valence-corrected chi connectivity index (χ2v) is 6.71. The summed E-state index contributed by atoms with van der Waals surface area (Å²) in [6.45, 7) is 3.89. The van der Waals surface area contributed by atoms with Crippen molar-refractivity contribution in [3.8, 4) is 0 Å². The largest absolute Gasteiger partial charge is 0.353 e. The standard InChI is InChI=1S/C18H15Cl2N5O2/c1-10-4-3-5-15(11(10)2)24-18-16(25(26)27)17(21-9-22-18)23-14-7-12(19)6-13(20)8-14/h3-9H,1-2H3,(H2,21,22,23,24). The molecule has 0 fully saturated rings. The summed E-state index contributed by atoms with van der Waals surface area (Å²) in [5.41, 5.74) is 2.96. The van der Waals surface area contributed by atoms with Crippen molar-refractivity contribution in [1.82, 2.24) is 9.97 Å². The van der Waals surface area contributed by atoms with E-state index in [2.05, 4.69) is 20.6 Å². The topological polar surface area (TPSA) is 93.0 Å². The van der Waals surface area contributed by atoms with E-state index in [0.717, 1.165) is 16.8 Å². The highest BCUT2D eigenvalue weighted by Gasteiger charge is 2.24. The molecular weight excluding hydrogens is 389 g/mol. The van der Waals surface area contributed by atoms with Gasteiger partial charge in [0.25, 0.3) is 0 Å². The number of benzene rings is 2. The smallest absolute Gasteiger partial charge is 0.334 e. The predicted molar refractivity (Wildman–Crippen MR) is 108 cm³/mol. The van der Waals surface area contributed by atoms with Gasteiger partial charge in [-0.15, -0.1) is 0 Å². The molecule has 0 saturated heterocycles. The number of halogens is 2. The lowest BCUT2D eigenvalue weighted by atomic mass is 10.1. The summed E-state index contributed by atoms with van der Waals surface area (Å²) < 4.78 is 0. The fraction of sp³-hybridized carbons (Fsp3) is 0.111. The van der Waals surface area contributed by atoms with Gasteiger partial charge in [0.15, 0.2) is 0 Å². The molecule has 9 heteroatoms. The molecule has 0 saturated carbocycles. The van der Waals surface area contributed by atoms with Gasteiger partial charge < -0.3 is 10.6 Å². The first-order valence-electron chi connectivity index (χ1n) is 7.91. The highest BCUT2D eigenvalue weighted by atomic mass is 35.5. The summed E-state index contributed by atoms with van der Waals surface area (Å²) in [7, 11) is 0. The molecule has 138 valence electrons. The summed E-state index contributed by atoms with van der Waals surface area (Å²) >= 11 is 12.0. The van der Waals surface area contributed by atoms with Crippen molar-refractivity contribution < 1.29 is 4.92 Å². The number of anilines is 4. The van der Waals surface area contributed by atoms with Gasteiger partial charge in [0, 0.05) is 21.4 Å². The van der Waals surface area contributed by atoms with Gasteiger partial charge in [-0.1, -0.05) is 35.3 Å². The second-order valence-electron chi connectivity index (χ2n) is 5.83. The molecular formula is C18H15Cl2N5O2. The average molecular weight is 404 g/mol. The third-order valence-corrected chi connectivity index (χ3v) is 4.42. The Kier molecular flexibility index (Phi) is 5.43. The summed E-state index contributed by atoms with van der Waals surface area (Å²) in [4.78, 5) is 19.2. The van der Waals surface area contributed by atoms with E-state index in [1.54, 1.807) is 18.2 Å². The molecule has 0 atom stereocenters. The number of rotatable bonds is 5. The van der Waals surface area contributed by atoms with E-state index in [-0.39, 0.29) is 17.3 Å². The Labute approximate surface area is 165 Å². The maximum absolute atomic E-state index is 11.7. The van der Waals surface area contributed by atoms with Crippen LogP contribution in [0.5, 0.6) is 0 Å². The van der Waals surface area contributed by atoms with Crippen LogP contribution in [0.15, 0.2) is 42.7 Å². The highest BCUT2D eigenvalue weighted by Crippen LogP contribution is 2.35. The van der Waals surface area contributed by atoms with Crippen LogP contribution < -0.4 is 10.6 Å². The minimum atomic E-state index is -0.540. The quantitative estimate of drug-likeness (QED) is 0.413. The van der Waals surface area contributed by atoms with Crippen molar-refractivity contribution in [2.24, 2.45) is 0 Å². The van der Waals surface area contributed by atoms with Gasteiger partial charge in [-0.05, 0) is 49.2 Å². The molecule has 1 aromatic heterocycles. The first kappa shape index (κ1) is 18.9. The maximum Gasteiger partial charge on any atom is 0.353 e. The number of nitrogens with one attached hydrogen (secondary N) is 2. The van der Waals surface area contributed by atoms with Gasteiger partial charge >= 0.3 is 5.69 Å². The lowest BCUT2D eigenvalue weighted by Gasteiger charge is -2.13. The van der Waals surface area contributed by atoms with Gasteiger partial charge in [-0.25, -0.2) is 9.97 Å². The number of aryl methyl sites for hydroxylation is 1. The lowest BCUT2D eigenvalue weighted by Crippen LogP contribution is -2.06. The zero-order chi connectivity index (χ0) is 19.6. The van der Waals surface area contributed by atoms with E-state index in [4.69, 9.17) is 23.2 Å². The number of nitro groups is 1. The van der Waals surface area contributed by atoms with Crippen LogP contribution >= 0.6 is 23.2 Å². The van der Waals surface area contributed by atoms with E-state index >= 15 is 0 Å². The third kappa shape index (κ3) is 4.27. The summed E-state index contributed by atoms with van der Waals surface area (Å²) in [6, 6.07) is 10.4. The zero-order valence-electron chi connectivity index (χ0n) is 14.5. The lowest BCUT2D eigenvalue weighted by molar-refractivity contribution is -0.383. The van der Waals surface area contributed by atoms with Gasteiger partial charge in [-0.3, -0.25) is 10.1 Å². The van der Waals surface area contributed by atoms with Gasteiger partial charge in [0.05, 0.1) is 4.92 Å². The molecule has 0 aliphatic heterocycles. The second kappa shape index (κ2) is 7.77. The molecule has 3 aromatic rings.